The molecule has 3 rings (SSSR count). The van der Waals surface area contributed by atoms with Crippen LogP contribution in [0.4, 0.5) is 13.2 Å². The monoisotopic (exact) mass is 381 g/mol. The smallest absolute Gasteiger partial charge is 0.416 e. The van der Waals surface area contributed by atoms with E-state index < -0.39 is 11.7 Å². The largest absolute Gasteiger partial charge is 0.469 e. The molecule has 0 fully saturated rings. The van der Waals surface area contributed by atoms with E-state index in [0.717, 1.165) is 12.1 Å². The molecule has 0 aliphatic heterocycles. The lowest BCUT2D eigenvalue weighted by Crippen LogP contribution is -2.06. The van der Waals surface area contributed by atoms with Crippen molar-refractivity contribution in [3.63, 3.8) is 0 Å². The average molecular weight is 381 g/mol. The van der Waals surface area contributed by atoms with E-state index in [4.69, 9.17) is 9.15 Å². The van der Waals surface area contributed by atoms with Crippen LogP contribution in [0.15, 0.2) is 52.5 Å². The highest BCUT2D eigenvalue weighted by atomic mass is 32.1. The fourth-order valence-electron chi connectivity index (χ4n) is 2.21. The minimum absolute atomic E-state index is 0.0219. The number of carbonyl (C=O) groups is 1. The van der Waals surface area contributed by atoms with Crippen molar-refractivity contribution in [3.8, 4) is 10.6 Å². The van der Waals surface area contributed by atoms with Crippen molar-refractivity contribution >= 4 is 17.3 Å². The number of hydrogen-bond donors (Lipinski definition) is 0. The molecule has 0 saturated heterocycles. The summed E-state index contributed by atoms with van der Waals surface area (Å²) in [6, 6.07) is 8.32. The predicted molar refractivity (Wildman–Crippen MR) is 89.4 cm³/mol. The molecule has 1 aromatic carbocycles. The highest BCUT2D eigenvalue weighted by Gasteiger charge is 2.30. The van der Waals surface area contributed by atoms with Gasteiger partial charge < -0.3 is 9.15 Å². The van der Waals surface area contributed by atoms with Crippen LogP contribution in [-0.4, -0.2) is 11.0 Å². The van der Waals surface area contributed by atoms with Gasteiger partial charge in [0.1, 0.15) is 17.4 Å². The fraction of sp³-hybridized carbons (Fsp3) is 0.222. The van der Waals surface area contributed by atoms with Crippen molar-refractivity contribution in [2.45, 2.75) is 25.6 Å². The molecule has 0 unspecified atom stereocenters. The lowest BCUT2D eigenvalue weighted by molar-refractivity contribution is -0.145. The van der Waals surface area contributed by atoms with Gasteiger partial charge in [-0.15, -0.1) is 11.3 Å². The van der Waals surface area contributed by atoms with E-state index in [-0.39, 0.29) is 19.0 Å². The summed E-state index contributed by atoms with van der Waals surface area (Å²) < 4.78 is 48.1. The Morgan fingerprint density at radius 2 is 1.96 bits per heavy atom. The lowest BCUT2D eigenvalue weighted by Gasteiger charge is -2.06. The van der Waals surface area contributed by atoms with Crippen LogP contribution in [-0.2, 0) is 28.7 Å². The maximum atomic E-state index is 12.6. The van der Waals surface area contributed by atoms with Crippen molar-refractivity contribution in [2.75, 3.05) is 0 Å². The second kappa shape index (κ2) is 7.74. The molecule has 2 aromatic heterocycles. The van der Waals surface area contributed by atoms with E-state index in [1.165, 1.54) is 23.5 Å². The second-order valence-electron chi connectivity index (χ2n) is 5.46. The predicted octanol–water partition coefficient (Wildman–Crippen LogP) is 5.10. The molecule has 136 valence electrons. The second-order valence-corrected chi connectivity index (χ2v) is 6.32. The van der Waals surface area contributed by atoms with Gasteiger partial charge >= 0.3 is 12.1 Å². The van der Waals surface area contributed by atoms with Crippen molar-refractivity contribution in [1.82, 2.24) is 4.98 Å². The van der Waals surface area contributed by atoms with Crippen LogP contribution in [0.3, 0.4) is 0 Å². The first-order valence-electron chi connectivity index (χ1n) is 7.72. The molecule has 0 bridgehead atoms. The maximum Gasteiger partial charge on any atom is 0.416 e. The minimum atomic E-state index is -4.36. The number of carbonyl (C=O) groups excluding carboxylic acids is 1. The summed E-state index contributed by atoms with van der Waals surface area (Å²) in [6.45, 7) is 0.0219. The molecule has 0 radical (unpaired) electrons. The zero-order valence-corrected chi connectivity index (χ0v) is 14.3. The van der Waals surface area contributed by atoms with Crippen molar-refractivity contribution in [1.29, 1.82) is 0 Å². The Balaban J connectivity index is 1.53. The summed E-state index contributed by atoms with van der Waals surface area (Å²) in [4.78, 5) is 16.0. The first-order chi connectivity index (χ1) is 12.4. The Labute approximate surface area is 151 Å². The minimum Gasteiger partial charge on any atom is -0.469 e. The van der Waals surface area contributed by atoms with Crippen molar-refractivity contribution in [3.05, 3.63) is 65.1 Å². The Bertz CT molecular complexity index is 855. The number of esters is 1. The van der Waals surface area contributed by atoms with Gasteiger partial charge in [0.05, 0.1) is 23.9 Å². The number of benzene rings is 1. The first-order valence-corrected chi connectivity index (χ1v) is 8.60. The Hall–Kier alpha value is -2.61. The number of halogens is 3. The first kappa shape index (κ1) is 18.2. The molecule has 0 aliphatic carbocycles. The molecule has 0 saturated carbocycles. The van der Waals surface area contributed by atoms with Gasteiger partial charge in [-0.25, -0.2) is 4.98 Å². The summed E-state index contributed by atoms with van der Waals surface area (Å²) in [6.07, 6.45) is -2.17. The van der Waals surface area contributed by atoms with E-state index in [2.05, 4.69) is 4.98 Å². The number of hydrogen-bond acceptors (Lipinski definition) is 5. The molecule has 0 atom stereocenters. The number of nitrogens with zero attached hydrogens (tertiary/aromatic N) is 1. The van der Waals surface area contributed by atoms with Gasteiger partial charge in [0, 0.05) is 17.4 Å². The molecule has 26 heavy (non-hydrogen) atoms. The number of rotatable bonds is 6. The van der Waals surface area contributed by atoms with Crippen LogP contribution in [0.2, 0.25) is 0 Å². The van der Waals surface area contributed by atoms with E-state index in [1.807, 2.05) is 0 Å². The summed E-state index contributed by atoms with van der Waals surface area (Å²) in [5, 5.41) is 2.28. The molecular formula is C18H14F3NO3S. The van der Waals surface area contributed by atoms with Gasteiger partial charge in [0.15, 0.2) is 0 Å². The molecule has 8 heteroatoms. The zero-order chi connectivity index (χ0) is 18.6. The number of alkyl halides is 3. The normalized spacial score (nSPS) is 11.5. The SMILES string of the molecule is O=C(CCc1ccco1)OCc1csc(-c2ccc(C(F)(F)F)cc2)n1. The summed E-state index contributed by atoms with van der Waals surface area (Å²) in [5.74, 6) is 0.339. The number of furan rings is 1. The van der Waals surface area contributed by atoms with Crippen LogP contribution in [0.5, 0.6) is 0 Å². The zero-order valence-electron chi connectivity index (χ0n) is 13.5. The van der Waals surface area contributed by atoms with Crippen LogP contribution in [0.25, 0.3) is 10.6 Å². The maximum absolute atomic E-state index is 12.6. The molecule has 2 heterocycles. The van der Waals surface area contributed by atoms with Gasteiger partial charge in [-0.2, -0.15) is 13.2 Å². The highest BCUT2D eigenvalue weighted by Crippen LogP contribution is 2.31. The van der Waals surface area contributed by atoms with Gasteiger partial charge in [-0.1, -0.05) is 12.1 Å². The van der Waals surface area contributed by atoms with Gasteiger partial charge in [-0.3, -0.25) is 4.79 Å². The van der Waals surface area contributed by atoms with Gasteiger partial charge in [-0.05, 0) is 24.3 Å². The molecule has 0 N–H and O–H groups in total. The molecule has 3 aromatic rings. The molecule has 0 amide bonds. The topological polar surface area (TPSA) is 52.3 Å². The average Bonchev–Trinajstić information content (AvgIpc) is 3.29. The third kappa shape index (κ3) is 4.72. The van der Waals surface area contributed by atoms with Crippen LogP contribution in [0, 0.1) is 0 Å². The molecule has 0 spiro atoms. The Morgan fingerprint density at radius 3 is 2.62 bits per heavy atom. The van der Waals surface area contributed by atoms with Gasteiger partial charge in [0.25, 0.3) is 0 Å². The number of aryl methyl sites for hydroxylation is 1. The molecular weight excluding hydrogens is 367 g/mol. The summed E-state index contributed by atoms with van der Waals surface area (Å²) >= 11 is 1.28. The Morgan fingerprint density at radius 1 is 1.19 bits per heavy atom. The van der Waals surface area contributed by atoms with Crippen molar-refractivity contribution < 1.29 is 27.1 Å². The third-order valence-electron chi connectivity index (χ3n) is 3.55. The standard InChI is InChI=1S/C18H14F3NO3S/c19-18(20,21)13-5-3-12(4-6-13)17-22-14(11-26-17)10-25-16(23)8-7-15-2-1-9-24-15/h1-6,9,11H,7-8,10H2. The van der Waals surface area contributed by atoms with Crippen LogP contribution >= 0.6 is 11.3 Å². The lowest BCUT2D eigenvalue weighted by atomic mass is 10.1. The quantitative estimate of drug-likeness (QED) is 0.558. The summed E-state index contributed by atoms with van der Waals surface area (Å²) in [5.41, 5.74) is 0.429. The van der Waals surface area contributed by atoms with E-state index in [1.54, 1.807) is 23.8 Å². The highest BCUT2D eigenvalue weighted by molar-refractivity contribution is 7.13. The number of aromatic nitrogens is 1. The van der Waals surface area contributed by atoms with Crippen LogP contribution < -0.4 is 0 Å². The van der Waals surface area contributed by atoms with E-state index in [0.29, 0.717) is 28.4 Å². The summed E-state index contributed by atoms with van der Waals surface area (Å²) in [7, 11) is 0. The third-order valence-corrected chi connectivity index (χ3v) is 4.49. The van der Waals surface area contributed by atoms with Crippen LogP contribution in [0.1, 0.15) is 23.4 Å². The van der Waals surface area contributed by atoms with E-state index >= 15 is 0 Å². The number of thiazole rings is 1. The van der Waals surface area contributed by atoms with Gasteiger partial charge in [0.2, 0.25) is 0 Å². The van der Waals surface area contributed by atoms with Crippen molar-refractivity contribution in [2.24, 2.45) is 0 Å². The number of ether oxygens (including phenoxy) is 1. The fourth-order valence-corrected chi connectivity index (χ4v) is 3.02. The molecule has 0 aliphatic rings. The molecule has 4 nitrogen and oxygen atoms in total. The Kier molecular flexibility index (Phi) is 5.41. The van der Waals surface area contributed by atoms with E-state index in [9.17, 15) is 18.0 Å².